The number of hydrogen-bond donors (Lipinski definition) is 2. The summed E-state index contributed by atoms with van der Waals surface area (Å²) in [6.07, 6.45) is 7.67. The number of nitrogens with one attached hydrogen (secondary N) is 2. The molecule has 6 rings (SSSR count). The third-order valence-corrected chi connectivity index (χ3v) is 7.15. The summed E-state index contributed by atoms with van der Waals surface area (Å²) in [4.78, 5) is 12.5. The molecule has 6 heteroatoms. The summed E-state index contributed by atoms with van der Waals surface area (Å²) in [5, 5.41) is 6.97. The molecule has 2 N–H and O–H groups in total. The Morgan fingerprint density at radius 2 is 1.63 bits per heavy atom. The second-order valence-electron chi connectivity index (χ2n) is 8.71. The molecule has 1 amide bonds. The highest BCUT2D eigenvalue weighted by Crippen LogP contribution is 2.53. The number of carbonyl (C=O) groups is 1. The lowest BCUT2D eigenvalue weighted by molar-refractivity contribution is -0.116. The van der Waals surface area contributed by atoms with Gasteiger partial charge in [0.15, 0.2) is 11.5 Å². The summed E-state index contributed by atoms with van der Waals surface area (Å²) in [5.41, 5.74) is 0.581. The molecule has 146 valence electrons. The molecule has 4 aliphatic carbocycles. The van der Waals surface area contributed by atoms with Gasteiger partial charge in [-0.1, -0.05) is 11.6 Å². The molecule has 1 aromatic carbocycles. The van der Waals surface area contributed by atoms with Crippen molar-refractivity contribution >= 4 is 23.2 Å². The average molecular weight is 391 g/mol. The fraction of sp³-hybridized carbons (Fsp3) is 0.667. The molecule has 0 radical (unpaired) electrons. The molecule has 4 fully saturated rings. The maximum Gasteiger partial charge on any atom is 0.238 e. The van der Waals surface area contributed by atoms with Gasteiger partial charge in [0, 0.05) is 24.6 Å². The molecule has 1 aliphatic heterocycles. The number of anilines is 1. The van der Waals surface area contributed by atoms with Crippen molar-refractivity contribution in [2.24, 2.45) is 23.7 Å². The molecular weight excluding hydrogens is 364 g/mol. The van der Waals surface area contributed by atoms with Crippen LogP contribution in [-0.2, 0) is 4.79 Å². The van der Waals surface area contributed by atoms with Crippen LogP contribution in [0.3, 0.4) is 0 Å². The number of amides is 1. The SMILES string of the molecule is O=C(CNC1C2CC3CC(C2)CC1C3)Nc1cc2c(cc1Cl)OCCCO2. The van der Waals surface area contributed by atoms with Crippen LogP contribution in [0.1, 0.15) is 38.5 Å². The molecule has 1 heterocycles. The largest absolute Gasteiger partial charge is 0.490 e. The zero-order chi connectivity index (χ0) is 18.4. The van der Waals surface area contributed by atoms with Crippen molar-refractivity contribution in [3.05, 3.63) is 17.2 Å². The standard InChI is InChI=1S/C21H27ClN2O3/c22-16-9-18-19(27-3-1-2-26-18)10-17(16)24-20(25)11-23-21-14-5-12-4-13(7-14)8-15(21)6-12/h9-10,12-15,21,23H,1-8,11H2,(H,24,25). The molecular formula is C21H27ClN2O3. The molecule has 1 aromatic rings. The third kappa shape index (κ3) is 3.52. The Kier molecular flexibility index (Phi) is 4.68. The van der Waals surface area contributed by atoms with Gasteiger partial charge in [0.25, 0.3) is 0 Å². The van der Waals surface area contributed by atoms with Crippen molar-refractivity contribution < 1.29 is 14.3 Å². The summed E-state index contributed by atoms with van der Waals surface area (Å²) < 4.78 is 11.3. The Balaban J connectivity index is 1.21. The molecule has 4 bridgehead atoms. The Hall–Kier alpha value is -1.46. The lowest BCUT2D eigenvalue weighted by atomic mass is 9.54. The number of benzene rings is 1. The van der Waals surface area contributed by atoms with E-state index in [2.05, 4.69) is 10.6 Å². The van der Waals surface area contributed by atoms with Crippen LogP contribution in [0, 0.1) is 23.7 Å². The quantitative estimate of drug-likeness (QED) is 0.819. The monoisotopic (exact) mass is 390 g/mol. The summed E-state index contributed by atoms with van der Waals surface area (Å²) >= 11 is 6.34. The number of hydrogen-bond acceptors (Lipinski definition) is 4. The van der Waals surface area contributed by atoms with Crippen LogP contribution in [0.2, 0.25) is 5.02 Å². The van der Waals surface area contributed by atoms with Gasteiger partial charge in [-0.05, 0) is 55.8 Å². The van der Waals surface area contributed by atoms with E-state index in [-0.39, 0.29) is 5.91 Å². The van der Waals surface area contributed by atoms with E-state index in [0.717, 1.165) is 30.1 Å². The number of ether oxygens (including phenoxy) is 2. The topological polar surface area (TPSA) is 59.6 Å². The fourth-order valence-corrected chi connectivity index (χ4v) is 6.14. The summed E-state index contributed by atoms with van der Waals surface area (Å²) in [7, 11) is 0. The summed E-state index contributed by atoms with van der Waals surface area (Å²) in [6.45, 7) is 1.55. The molecule has 0 unspecified atom stereocenters. The molecule has 4 saturated carbocycles. The van der Waals surface area contributed by atoms with Crippen LogP contribution in [0.5, 0.6) is 11.5 Å². The van der Waals surface area contributed by atoms with Crippen LogP contribution in [0.15, 0.2) is 12.1 Å². The van der Waals surface area contributed by atoms with Gasteiger partial charge >= 0.3 is 0 Å². The van der Waals surface area contributed by atoms with Crippen LogP contribution < -0.4 is 20.1 Å². The molecule has 0 saturated heterocycles. The molecule has 0 spiro atoms. The number of fused-ring (bicyclic) bond motifs is 1. The summed E-state index contributed by atoms with van der Waals surface area (Å²) in [5.74, 6) is 4.63. The van der Waals surface area contributed by atoms with Crippen LogP contribution in [0.25, 0.3) is 0 Å². The van der Waals surface area contributed by atoms with Crippen molar-refractivity contribution in [3.8, 4) is 11.5 Å². The first kappa shape index (κ1) is 17.6. The Bertz CT molecular complexity index is 710. The van der Waals surface area contributed by atoms with E-state index in [4.69, 9.17) is 21.1 Å². The smallest absolute Gasteiger partial charge is 0.238 e. The van der Waals surface area contributed by atoms with Crippen molar-refractivity contribution in [1.29, 1.82) is 0 Å². The van der Waals surface area contributed by atoms with Crippen molar-refractivity contribution in [3.63, 3.8) is 0 Å². The van der Waals surface area contributed by atoms with E-state index in [1.54, 1.807) is 12.1 Å². The van der Waals surface area contributed by atoms with Gasteiger partial charge in [-0.3, -0.25) is 4.79 Å². The van der Waals surface area contributed by atoms with E-state index in [1.807, 2.05) is 0 Å². The average Bonchev–Trinajstić information content (AvgIpc) is 2.86. The maximum absolute atomic E-state index is 12.5. The number of halogens is 1. The van der Waals surface area contributed by atoms with Crippen LogP contribution in [-0.4, -0.2) is 31.7 Å². The Labute approximate surface area is 165 Å². The lowest BCUT2D eigenvalue weighted by Gasteiger charge is -2.54. The second kappa shape index (κ2) is 7.17. The Morgan fingerprint density at radius 1 is 1.00 bits per heavy atom. The Morgan fingerprint density at radius 3 is 2.30 bits per heavy atom. The first-order chi connectivity index (χ1) is 13.2. The van der Waals surface area contributed by atoms with Gasteiger partial charge in [0.2, 0.25) is 5.91 Å². The second-order valence-corrected chi connectivity index (χ2v) is 9.12. The van der Waals surface area contributed by atoms with Gasteiger partial charge in [-0.2, -0.15) is 0 Å². The normalized spacial score (nSPS) is 33.6. The predicted molar refractivity (Wildman–Crippen MR) is 105 cm³/mol. The zero-order valence-corrected chi connectivity index (χ0v) is 16.3. The van der Waals surface area contributed by atoms with E-state index < -0.39 is 0 Å². The van der Waals surface area contributed by atoms with Gasteiger partial charge in [0.05, 0.1) is 30.5 Å². The lowest BCUT2D eigenvalue weighted by Crippen LogP contribution is -2.55. The first-order valence-corrected chi connectivity index (χ1v) is 10.7. The molecule has 0 atom stereocenters. The maximum atomic E-state index is 12.5. The number of carbonyl (C=O) groups excluding carboxylic acids is 1. The van der Waals surface area contributed by atoms with E-state index in [9.17, 15) is 4.79 Å². The highest BCUT2D eigenvalue weighted by molar-refractivity contribution is 6.34. The van der Waals surface area contributed by atoms with E-state index in [0.29, 0.717) is 48.0 Å². The predicted octanol–water partition coefficient (Wildman–Crippen LogP) is 3.85. The third-order valence-electron chi connectivity index (χ3n) is 6.84. The van der Waals surface area contributed by atoms with Gasteiger partial charge in [-0.25, -0.2) is 0 Å². The van der Waals surface area contributed by atoms with Crippen molar-refractivity contribution in [2.75, 3.05) is 25.1 Å². The van der Waals surface area contributed by atoms with E-state index in [1.165, 1.54) is 32.1 Å². The first-order valence-electron chi connectivity index (χ1n) is 10.3. The minimum Gasteiger partial charge on any atom is -0.490 e. The van der Waals surface area contributed by atoms with Gasteiger partial charge in [0.1, 0.15) is 0 Å². The van der Waals surface area contributed by atoms with Crippen molar-refractivity contribution in [2.45, 2.75) is 44.6 Å². The van der Waals surface area contributed by atoms with E-state index >= 15 is 0 Å². The highest BCUT2D eigenvalue weighted by Gasteiger charge is 2.47. The van der Waals surface area contributed by atoms with Crippen LogP contribution >= 0.6 is 11.6 Å². The van der Waals surface area contributed by atoms with Crippen LogP contribution in [0.4, 0.5) is 5.69 Å². The van der Waals surface area contributed by atoms with Gasteiger partial charge in [-0.15, -0.1) is 0 Å². The minimum absolute atomic E-state index is 0.0554. The summed E-state index contributed by atoms with van der Waals surface area (Å²) in [6, 6.07) is 4.00. The molecule has 0 aromatic heterocycles. The highest BCUT2D eigenvalue weighted by atomic mass is 35.5. The minimum atomic E-state index is -0.0554. The van der Waals surface area contributed by atoms with Gasteiger partial charge < -0.3 is 20.1 Å². The zero-order valence-electron chi connectivity index (χ0n) is 15.5. The molecule has 5 aliphatic rings. The molecule has 5 nitrogen and oxygen atoms in total. The fourth-order valence-electron chi connectivity index (χ4n) is 5.94. The number of rotatable bonds is 4. The van der Waals surface area contributed by atoms with Crippen molar-refractivity contribution in [1.82, 2.24) is 5.32 Å². The molecule has 27 heavy (non-hydrogen) atoms.